The summed E-state index contributed by atoms with van der Waals surface area (Å²) in [6, 6.07) is 9.10. The highest BCUT2D eigenvalue weighted by Crippen LogP contribution is 2.34. The molecule has 0 aliphatic rings. The molecule has 7 heteroatoms. The zero-order valence-corrected chi connectivity index (χ0v) is 12.4. The number of ether oxygens (including phenoxy) is 1. The Kier molecular flexibility index (Phi) is 4.59. The highest BCUT2D eigenvalue weighted by atomic mass is 79.9. The number of rotatable bonds is 4. The van der Waals surface area contributed by atoms with Crippen molar-refractivity contribution < 1.29 is 14.8 Å². The first-order valence-electron chi connectivity index (χ1n) is 5.52. The molecule has 0 atom stereocenters. The molecule has 2 rings (SSSR count). The Morgan fingerprint density at radius 2 is 2.05 bits per heavy atom. The van der Waals surface area contributed by atoms with Gasteiger partial charge in [0.2, 0.25) is 5.75 Å². The summed E-state index contributed by atoms with van der Waals surface area (Å²) in [7, 11) is 0. The van der Waals surface area contributed by atoms with Gasteiger partial charge in [-0.2, -0.15) is 0 Å². The Morgan fingerprint density at radius 1 is 1.30 bits per heavy atom. The van der Waals surface area contributed by atoms with Crippen LogP contribution >= 0.6 is 27.5 Å². The number of nitro benzene ring substituents is 1. The van der Waals surface area contributed by atoms with Crippen molar-refractivity contribution in [2.24, 2.45) is 0 Å². The van der Waals surface area contributed by atoms with Crippen LogP contribution in [0, 0.1) is 10.1 Å². The summed E-state index contributed by atoms with van der Waals surface area (Å²) in [4.78, 5) is 10.4. The maximum absolute atomic E-state index is 11.0. The number of aliphatic hydroxyl groups is 1. The minimum absolute atomic E-state index is 0.100. The van der Waals surface area contributed by atoms with Gasteiger partial charge in [-0.1, -0.05) is 33.6 Å². The fraction of sp³-hybridized carbons (Fsp3) is 0.0769. The molecule has 0 saturated heterocycles. The van der Waals surface area contributed by atoms with Gasteiger partial charge in [-0.15, -0.1) is 0 Å². The van der Waals surface area contributed by atoms with E-state index in [1.165, 1.54) is 18.2 Å². The molecule has 20 heavy (non-hydrogen) atoms. The van der Waals surface area contributed by atoms with Crippen LogP contribution in [-0.4, -0.2) is 10.0 Å². The fourth-order valence-electron chi connectivity index (χ4n) is 1.57. The van der Waals surface area contributed by atoms with E-state index in [-0.39, 0.29) is 23.1 Å². The van der Waals surface area contributed by atoms with Gasteiger partial charge in [0.05, 0.1) is 11.5 Å². The number of hydrogen-bond donors (Lipinski definition) is 1. The van der Waals surface area contributed by atoms with E-state index in [9.17, 15) is 10.1 Å². The van der Waals surface area contributed by atoms with Gasteiger partial charge in [0, 0.05) is 15.6 Å². The Balaban J connectivity index is 2.35. The Bertz CT molecular complexity index is 663. The number of hydrogen-bond acceptors (Lipinski definition) is 4. The highest BCUT2D eigenvalue weighted by molar-refractivity contribution is 9.10. The van der Waals surface area contributed by atoms with Gasteiger partial charge in [-0.3, -0.25) is 10.1 Å². The summed E-state index contributed by atoms with van der Waals surface area (Å²) in [5, 5.41) is 20.3. The summed E-state index contributed by atoms with van der Waals surface area (Å²) >= 11 is 9.02. The van der Waals surface area contributed by atoms with Crippen molar-refractivity contribution in [1.29, 1.82) is 0 Å². The average molecular weight is 359 g/mol. The van der Waals surface area contributed by atoms with Crippen LogP contribution in [0.3, 0.4) is 0 Å². The smallest absolute Gasteiger partial charge is 0.313 e. The van der Waals surface area contributed by atoms with Crippen LogP contribution in [0.15, 0.2) is 40.9 Å². The summed E-state index contributed by atoms with van der Waals surface area (Å²) < 4.78 is 6.16. The van der Waals surface area contributed by atoms with Gasteiger partial charge < -0.3 is 9.84 Å². The predicted molar refractivity (Wildman–Crippen MR) is 78.2 cm³/mol. The second-order valence-corrected chi connectivity index (χ2v) is 5.17. The Labute approximate surface area is 128 Å². The monoisotopic (exact) mass is 357 g/mol. The third kappa shape index (κ3) is 3.27. The van der Waals surface area contributed by atoms with Crippen molar-refractivity contribution in [1.82, 2.24) is 0 Å². The Morgan fingerprint density at radius 3 is 2.65 bits per heavy atom. The number of halogens is 2. The highest BCUT2D eigenvalue weighted by Gasteiger charge is 2.16. The van der Waals surface area contributed by atoms with E-state index in [1.807, 2.05) is 0 Å². The molecule has 0 bridgehead atoms. The zero-order chi connectivity index (χ0) is 14.7. The van der Waals surface area contributed by atoms with Gasteiger partial charge in [0.1, 0.15) is 5.75 Å². The SMILES string of the molecule is O=[N+]([O-])c1cc(Cl)ccc1Oc1ccc(CO)c(Br)c1. The van der Waals surface area contributed by atoms with Crippen molar-refractivity contribution in [3.05, 3.63) is 61.6 Å². The van der Waals surface area contributed by atoms with E-state index in [0.717, 1.165) is 0 Å². The van der Waals surface area contributed by atoms with Crippen LogP contribution in [0.4, 0.5) is 5.69 Å². The molecule has 0 unspecified atom stereocenters. The van der Waals surface area contributed by atoms with Gasteiger partial charge in [-0.05, 0) is 29.8 Å². The van der Waals surface area contributed by atoms with Gasteiger partial charge >= 0.3 is 5.69 Å². The van der Waals surface area contributed by atoms with Gasteiger partial charge in [-0.25, -0.2) is 0 Å². The van der Waals surface area contributed by atoms with Crippen molar-refractivity contribution in [2.75, 3.05) is 0 Å². The molecule has 0 saturated carbocycles. The molecule has 5 nitrogen and oxygen atoms in total. The van der Waals surface area contributed by atoms with Crippen molar-refractivity contribution in [3.63, 3.8) is 0 Å². The minimum atomic E-state index is -0.557. The van der Waals surface area contributed by atoms with E-state index in [1.54, 1.807) is 18.2 Å². The van der Waals surface area contributed by atoms with Gasteiger partial charge in [0.15, 0.2) is 0 Å². The maximum atomic E-state index is 11.0. The lowest BCUT2D eigenvalue weighted by Crippen LogP contribution is -1.94. The number of nitro groups is 1. The zero-order valence-electron chi connectivity index (χ0n) is 10.0. The molecule has 0 aromatic heterocycles. The molecule has 0 heterocycles. The molecule has 1 N–H and O–H groups in total. The normalized spacial score (nSPS) is 10.3. The van der Waals surface area contributed by atoms with E-state index in [4.69, 9.17) is 21.4 Å². The third-order valence-electron chi connectivity index (χ3n) is 2.54. The minimum Gasteiger partial charge on any atom is -0.450 e. The summed E-state index contributed by atoms with van der Waals surface area (Å²) in [5.74, 6) is 0.516. The first kappa shape index (κ1) is 14.8. The van der Waals surface area contributed by atoms with E-state index < -0.39 is 4.92 Å². The van der Waals surface area contributed by atoms with Crippen LogP contribution in [0.2, 0.25) is 5.02 Å². The number of benzene rings is 2. The van der Waals surface area contributed by atoms with E-state index in [0.29, 0.717) is 15.8 Å². The average Bonchev–Trinajstić information content (AvgIpc) is 2.41. The van der Waals surface area contributed by atoms with Crippen LogP contribution in [0.5, 0.6) is 11.5 Å². The molecule has 0 fully saturated rings. The second-order valence-electron chi connectivity index (χ2n) is 3.88. The van der Waals surface area contributed by atoms with Crippen molar-refractivity contribution in [3.8, 4) is 11.5 Å². The molecule has 2 aromatic carbocycles. The molecule has 2 aromatic rings. The molecular formula is C13H9BrClNO4. The molecule has 104 valence electrons. The predicted octanol–water partition coefficient (Wildman–Crippen LogP) is 4.30. The maximum Gasteiger partial charge on any atom is 0.313 e. The summed E-state index contributed by atoms with van der Waals surface area (Å²) in [5.41, 5.74) is 0.489. The second kappa shape index (κ2) is 6.21. The first-order chi connectivity index (χ1) is 9.51. The van der Waals surface area contributed by atoms with Crippen molar-refractivity contribution >= 4 is 33.2 Å². The topological polar surface area (TPSA) is 72.6 Å². The third-order valence-corrected chi connectivity index (χ3v) is 3.51. The first-order valence-corrected chi connectivity index (χ1v) is 6.69. The van der Waals surface area contributed by atoms with Crippen molar-refractivity contribution in [2.45, 2.75) is 6.61 Å². The van der Waals surface area contributed by atoms with Gasteiger partial charge in [0.25, 0.3) is 0 Å². The summed E-state index contributed by atoms with van der Waals surface area (Å²) in [6.45, 7) is -0.109. The van der Waals surface area contributed by atoms with E-state index >= 15 is 0 Å². The molecular weight excluding hydrogens is 350 g/mol. The molecule has 0 aliphatic heterocycles. The summed E-state index contributed by atoms with van der Waals surface area (Å²) in [6.07, 6.45) is 0. The van der Waals surface area contributed by atoms with Crippen LogP contribution < -0.4 is 4.74 Å². The fourth-order valence-corrected chi connectivity index (χ4v) is 2.22. The molecule has 0 aliphatic carbocycles. The lowest BCUT2D eigenvalue weighted by molar-refractivity contribution is -0.385. The number of nitrogens with zero attached hydrogens (tertiary/aromatic N) is 1. The van der Waals surface area contributed by atoms with Crippen LogP contribution in [-0.2, 0) is 6.61 Å². The lowest BCUT2D eigenvalue weighted by Gasteiger charge is -2.08. The van der Waals surface area contributed by atoms with Crippen LogP contribution in [0.25, 0.3) is 0 Å². The Hall–Kier alpha value is -1.63. The largest absolute Gasteiger partial charge is 0.450 e. The quantitative estimate of drug-likeness (QED) is 0.653. The lowest BCUT2D eigenvalue weighted by atomic mass is 10.2. The van der Waals surface area contributed by atoms with Crippen LogP contribution in [0.1, 0.15) is 5.56 Å². The molecule has 0 amide bonds. The number of aliphatic hydroxyl groups excluding tert-OH is 1. The standard InChI is InChI=1S/C13H9BrClNO4/c14-11-6-10(3-1-8(11)7-17)20-13-4-2-9(15)5-12(13)16(18)19/h1-6,17H,7H2. The van der Waals surface area contributed by atoms with E-state index in [2.05, 4.69) is 15.9 Å². The molecule has 0 radical (unpaired) electrons. The molecule has 0 spiro atoms.